The Labute approximate surface area is 134 Å². The van der Waals surface area contributed by atoms with Crippen LogP contribution in [0.2, 0.25) is 0 Å². The molecule has 0 unspecified atom stereocenters. The average Bonchev–Trinajstić information content (AvgIpc) is 3.23. The molecule has 7 nitrogen and oxygen atoms in total. The van der Waals surface area contributed by atoms with E-state index in [1.807, 2.05) is 6.07 Å². The van der Waals surface area contributed by atoms with Gasteiger partial charge in [0.05, 0.1) is 0 Å². The van der Waals surface area contributed by atoms with Crippen molar-refractivity contribution in [2.24, 2.45) is 5.92 Å². The van der Waals surface area contributed by atoms with Crippen LogP contribution in [0.25, 0.3) is 5.52 Å². The molecule has 0 radical (unpaired) electrons. The highest BCUT2D eigenvalue weighted by molar-refractivity contribution is 7.88. The third kappa shape index (κ3) is 2.96. The van der Waals surface area contributed by atoms with E-state index in [1.165, 1.54) is 12.3 Å². The normalized spacial score (nSPS) is 15.2. The van der Waals surface area contributed by atoms with Crippen LogP contribution >= 0.6 is 0 Å². The zero-order valence-electron chi connectivity index (χ0n) is 12.0. The maximum Gasteiger partial charge on any atom is 0.534 e. The molecular formula is C13H11F3N4O3S. The van der Waals surface area contributed by atoms with Crippen LogP contribution in [0.3, 0.4) is 0 Å². The van der Waals surface area contributed by atoms with E-state index in [1.54, 1.807) is 0 Å². The van der Waals surface area contributed by atoms with Crippen molar-refractivity contribution in [2.45, 2.75) is 18.3 Å². The monoisotopic (exact) mass is 360 g/mol. The Kier molecular flexibility index (Phi) is 3.79. The van der Waals surface area contributed by atoms with Gasteiger partial charge in [-0.05, 0) is 30.9 Å². The highest BCUT2D eigenvalue weighted by Crippen LogP contribution is 2.34. The van der Waals surface area contributed by atoms with Crippen molar-refractivity contribution in [3.05, 3.63) is 23.9 Å². The number of nitriles is 1. The van der Waals surface area contributed by atoms with Crippen LogP contribution in [0, 0.1) is 17.2 Å². The SMILES string of the molecule is N#Cc1c(NCC2CC2)nn2cccc(OS(=O)(=O)C(F)(F)F)c12. The first-order chi connectivity index (χ1) is 11.2. The summed E-state index contributed by atoms with van der Waals surface area (Å²) in [7, 11) is -5.84. The van der Waals surface area contributed by atoms with Gasteiger partial charge in [0, 0.05) is 12.7 Å². The lowest BCUT2D eigenvalue weighted by Crippen LogP contribution is -2.28. The molecule has 0 atom stereocenters. The van der Waals surface area contributed by atoms with Crippen LogP contribution in [-0.2, 0) is 10.1 Å². The molecule has 1 saturated carbocycles. The van der Waals surface area contributed by atoms with Gasteiger partial charge in [-0.1, -0.05) is 0 Å². The largest absolute Gasteiger partial charge is 0.534 e. The van der Waals surface area contributed by atoms with Gasteiger partial charge in [0.2, 0.25) is 0 Å². The third-order valence-electron chi connectivity index (χ3n) is 3.47. The number of hydrogen-bond acceptors (Lipinski definition) is 6. The number of halogens is 3. The Hall–Kier alpha value is -2.48. The molecule has 2 aromatic rings. The van der Waals surface area contributed by atoms with E-state index in [0.717, 1.165) is 23.4 Å². The fourth-order valence-electron chi connectivity index (χ4n) is 2.09. The molecule has 3 rings (SSSR count). The molecule has 0 amide bonds. The summed E-state index contributed by atoms with van der Waals surface area (Å²) in [6.45, 7) is 0.579. The topological polar surface area (TPSA) is 96.5 Å². The van der Waals surface area contributed by atoms with Crippen LogP contribution < -0.4 is 9.50 Å². The van der Waals surface area contributed by atoms with Crippen molar-refractivity contribution in [2.75, 3.05) is 11.9 Å². The molecule has 1 fully saturated rings. The standard InChI is InChI=1S/C13H11F3N4O3S/c14-13(15,16)24(21,22)23-10-2-1-5-20-11(10)9(6-17)12(19-20)18-7-8-3-4-8/h1-2,5,8H,3-4,7H2,(H,18,19). The molecule has 2 aromatic heterocycles. The Balaban J connectivity index is 2.04. The van der Waals surface area contributed by atoms with Crippen molar-refractivity contribution >= 4 is 21.5 Å². The molecule has 0 spiro atoms. The second-order valence-corrected chi connectivity index (χ2v) is 6.85. The van der Waals surface area contributed by atoms with E-state index < -0.39 is 21.4 Å². The number of nitrogens with zero attached hydrogens (tertiary/aromatic N) is 3. The van der Waals surface area contributed by atoms with Gasteiger partial charge in [-0.25, -0.2) is 4.52 Å². The van der Waals surface area contributed by atoms with Crippen molar-refractivity contribution in [1.82, 2.24) is 9.61 Å². The van der Waals surface area contributed by atoms with Gasteiger partial charge in [-0.3, -0.25) is 0 Å². The Morgan fingerprint density at radius 1 is 1.46 bits per heavy atom. The molecule has 0 saturated heterocycles. The maximum atomic E-state index is 12.5. The zero-order valence-corrected chi connectivity index (χ0v) is 12.9. The lowest BCUT2D eigenvalue weighted by atomic mass is 10.2. The van der Waals surface area contributed by atoms with Crippen LogP contribution in [0.1, 0.15) is 18.4 Å². The first kappa shape index (κ1) is 16.4. The summed E-state index contributed by atoms with van der Waals surface area (Å²) in [6.07, 6.45) is 3.49. The smallest absolute Gasteiger partial charge is 0.374 e. The van der Waals surface area contributed by atoms with Crippen LogP contribution in [-0.4, -0.2) is 30.1 Å². The van der Waals surface area contributed by atoms with E-state index in [9.17, 15) is 26.9 Å². The maximum absolute atomic E-state index is 12.5. The van der Waals surface area contributed by atoms with Gasteiger partial charge in [0.15, 0.2) is 11.6 Å². The number of nitrogens with one attached hydrogen (secondary N) is 1. The summed E-state index contributed by atoms with van der Waals surface area (Å²) >= 11 is 0. The number of alkyl halides is 3. The van der Waals surface area contributed by atoms with Gasteiger partial charge in [-0.15, -0.1) is 5.10 Å². The zero-order chi connectivity index (χ0) is 17.5. The van der Waals surface area contributed by atoms with Crippen LogP contribution in [0.4, 0.5) is 19.0 Å². The minimum absolute atomic E-state index is 0.0800. The summed E-state index contributed by atoms with van der Waals surface area (Å²) in [6, 6.07) is 4.13. The summed E-state index contributed by atoms with van der Waals surface area (Å²) in [5.74, 6) is 0.0332. The minimum atomic E-state index is -5.84. The van der Waals surface area contributed by atoms with Gasteiger partial charge >= 0.3 is 15.6 Å². The van der Waals surface area contributed by atoms with Crippen molar-refractivity contribution in [3.63, 3.8) is 0 Å². The fourth-order valence-corrected chi connectivity index (χ4v) is 2.56. The number of pyridine rings is 1. The molecule has 2 heterocycles. The number of fused-ring (bicyclic) bond motifs is 1. The molecule has 24 heavy (non-hydrogen) atoms. The molecular weight excluding hydrogens is 349 g/mol. The molecule has 128 valence electrons. The molecule has 1 aliphatic carbocycles. The fraction of sp³-hybridized carbons (Fsp3) is 0.385. The molecule has 1 aliphatic rings. The van der Waals surface area contributed by atoms with Crippen molar-refractivity contribution < 1.29 is 25.8 Å². The second kappa shape index (κ2) is 5.55. The van der Waals surface area contributed by atoms with Gasteiger partial charge in [-0.2, -0.15) is 26.9 Å². The lowest BCUT2D eigenvalue weighted by molar-refractivity contribution is -0.0499. The van der Waals surface area contributed by atoms with E-state index >= 15 is 0 Å². The predicted molar refractivity (Wildman–Crippen MR) is 76.7 cm³/mol. The first-order valence-corrected chi connectivity index (χ1v) is 8.30. The van der Waals surface area contributed by atoms with Gasteiger partial charge in [0.1, 0.15) is 17.1 Å². The highest BCUT2D eigenvalue weighted by Gasteiger charge is 2.49. The third-order valence-corrected chi connectivity index (χ3v) is 4.43. The quantitative estimate of drug-likeness (QED) is 0.649. The molecule has 0 bridgehead atoms. The minimum Gasteiger partial charge on any atom is -0.374 e. The first-order valence-electron chi connectivity index (χ1n) is 6.89. The summed E-state index contributed by atoms with van der Waals surface area (Å²) in [4.78, 5) is 0. The summed E-state index contributed by atoms with van der Waals surface area (Å²) in [5, 5.41) is 16.3. The number of anilines is 1. The Morgan fingerprint density at radius 2 is 2.17 bits per heavy atom. The second-order valence-electron chi connectivity index (χ2n) is 5.31. The predicted octanol–water partition coefficient (Wildman–Crippen LogP) is 2.26. The average molecular weight is 360 g/mol. The molecule has 0 aliphatic heterocycles. The van der Waals surface area contributed by atoms with Gasteiger partial charge < -0.3 is 9.50 Å². The van der Waals surface area contributed by atoms with Crippen molar-refractivity contribution in [1.29, 1.82) is 5.26 Å². The number of hydrogen-bond donors (Lipinski definition) is 1. The molecule has 0 aromatic carbocycles. The summed E-state index contributed by atoms with van der Waals surface area (Å²) in [5.41, 5.74) is -5.80. The number of rotatable bonds is 5. The number of aromatic nitrogens is 2. The molecule has 11 heteroatoms. The van der Waals surface area contributed by atoms with Crippen molar-refractivity contribution in [3.8, 4) is 11.8 Å². The van der Waals surface area contributed by atoms with Crippen LogP contribution in [0.15, 0.2) is 18.3 Å². The van der Waals surface area contributed by atoms with Gasteiger partial charge in [0.25, 0.3) is 0 Å². The summed E-state index contributed by atoms with van der Waals surface area (Å²) < 4.78 is 65.3. The van der Waals surface area contributed by atoms with E-state index in [0.29, 0.717) is 12.5 Å². The Morgan fingerprint density at radius 3 is 2.75 bits per heavy atom. The van der Waals surface area contributed by atoms with Crippen LogP contribution in [0.5, 0.6) is 5.75 Å². The Bertz CT molecular complexity index is 926. The molecule has 1 N–H and O–H groups in total. The lowest BCUT2D eigenvalue weighted by Gasteiger charge is -2.10. The highest BCUT2D eigenvalue weighted by atomic mass is 32.2. The van der Waals surface area contributed by atoms with E-state index in [-0.39, 0.29) is 16.9 Å². The van der Waals surface area contributed by atoms with E-state index in [4.69, 9.17) is 0 Å². The van der Waals surface area contributed by atoms with E-state index in [2.05, 4.69) is 14.6 Å².